The molecule has 2 saturated heterocycles. The third-order valence-corrected chi connectivity index (χ3v) is 5.94. The van der Waals surface area contributed by atoms with Crippen LogP contribution in [-0.4, -0.2) is 69.4 Å². The number of hydrogen-bond acceptors (Lipinski definition) is 5. The minimum absolute atomic E-state index is 0.0839. The Morgan fingerprint density at radius 3 is 2.83 bits per heavy atom. The molecule has 0 aromatic carbocycles. The summed E-state index contributed by atoms with van der Waals surface area (Å²) in [6, 6.07) is 7.91. The van der Waals surface area contributed by atoms with Gasteiger partial charge in [-0.3, -0.25) is 4.79 Å². The molecule has 8 heteroatoms. The van der Waals surface area contributed by atoms with Crippen LogP contribution in [-0.2, 0) is 11.8 Å². The van der Waals surface area contributed by atoms with E-state index >= 15 is 0 Å². The van der Waals surface area contributed by atoms with E-state index < -0.39 is 0 Å². The van der Waals surface area contributed by atoms with Gasteiger partial charge in [-0.1, -0.05) is 0 Å². The van der Waals surface area contributed by atoms with Gasteiger partial charge in [-0.15, -0.1) is 0 Å². The van der Waals surface area contributed by atoms with E-state index in [0.717, 1.165) is 68.5 Å². The summed E-state index contributed by atoms with van der Waals surface area (Å²) < 4.78 is 9.20. The van der Waals surface area contributed by atoms with Crippen molar-refractivity contribution in [2.24, 2.45) is 7.05 Å². The van der Waals surface area contributed by atoms with Gasteiger partial charge in [0.2, 0.25) is 0 Å². The highest BCUT2D eigenvalue weighted by Gasteiger charge is 2.29. The molecule has 0 spiro atoms. The summed E-state index contributed by atoms with van der Waals surface area (Å²) in [7, 11) is 1.91. The lowest BCUT2D eigenvalue weighted by molar-refractivity contribution is 0.0695. The third-order valence-electron chi connectivity index (χ3n) is 5.94. The van der Waals surface area contributed by atoms with Crippen molar-refractivity contribution in [3.63, 3.8) is 0 Å². The minimum atomic E-state index is 0.0839. The molecule has 2 aliphatic rings. The number of aromatic nitrogens is 4. The SMILES string of the molecule is Cn1cccc1C(=O)N1CCC[C@H](c2nc3ccc(N4CCOCC4)cn3n2)C1. The van der Waals surface area contributed by atoms with Gasteiger partial charge in [-0.25, -0.2) is 9.50 Å². The molecule has 0 saturated carbocycles. The number of hydrogen-bond donors (Lipinski definition) is 0. The predicted molar refractivity (Wildman–Crippen MR) is 109 cm³/mol. The molecule has 5 rings (SSSR count). The molecule has 1 atom stereocenters. The van der Waals surface area contributed by atoms with E-state index in [1.165, 1.54) is 0 Å². The normalized spacial score (nSPS) is 20.4. The average Bonchev–Trinajstić information content (AvgIpc) is 3.39. The Morgan fingerprint density at radius 1 is 1.17 bits per heavy atom. The number of nitrogens with zero attached hydrogens (tertiary/aromatic N) is 6. The summed E-state index contributed by atoms with van der Waals surface area (Å²) in [6.07, 6.45) is 5.93. The number of fused-ring (bicyclic) bond motifs is 1. The number of amides is 1. The van der Waals surface area contributed by atoms with Crippen LogP contribution in [0.25, 0.3) is 5.65 Å². The quantitative estimate of drug-likeness (QED) is 0.679. The van der Waals surface area contributed by atoms with Crippen molar-refractivity contribution >= 4 is 17.2 Å². The lowest BCUT2D eigenvalue weighted by Crippen LogP contribution is -2.40. The zero-order chi connectivity index (χ0) is 19.8. The molecule has 0 unspecified atom stereocenters. The highest BCUT2D eigenvalue weighted by molar-refractivity contribution is 5.92. The molecule has 5 heterocycles. The Kier molecular flexibility index (Phi) is 4.71. The molecule has 3 aromatic rings. The summed E-state index contributed by atoms with van der Waals surface area (Å²) in [6.45, 7) is 4.76. The number of pyridine rings is 1. The number of ether oxygens (including phenoxy) is 1. The maximum Gasteiger partial charge on any atom is 0.270 e. The maximum absolute atomic E-state index is 12.9. The van der Waals surface area contributed by atoms with Crippen molar-refractivity contribution in [1.29, 1.82) is 0 Å². The molecule has 1 amide bonds. The fourth-order valence-corrected chi connectivity index (χ4v) is 4.29. The van der Waals surface area contributed by atoms with Gasteiger partial charge >= 0.3 is 0 Å². The van der Waals surface area contributed by atoms with Gasteiger partial charge < -0.3 is 19.1 Å². The fraction of sp³-hybridized carbons (Fsp3) is 0.476. The van der Waals surface area contributed by atoms with Crippen LogP contribution in [0.5, 0.6) is 0 Å². The lowest BCUT2D eigenvalue weighted by Gasteiger charge is -2.31. The fourth-order valence-electron chi connectivity index (χ4n) is 4.29. The molecule has 0 aliphatic carbocycles. The lowest BCUT2D eigenvalue weighted by atomic mass is 9.97. The van der Waals surface area contributed by atoms with Gasteiger partial charge in [0.25, 0.3) is 5.91 Å². The van der Waals surface area contributed by atoms with E-state index in [1.807, 2.05) is 51.6 Å². The zero-order valence-electron chi connectivity index (χ0n) is 16.7. The number of rotatable bonds is 3. The van der Waals surface area contributed by atoms with Crippen LogP contribution >= 0.6 is 0 Å². The van der Waals surface area contributed by atoms with Crippen molar-refractivity contribution in [2.45, 2.75) is 18.8 Å². The maximum atomic E-state index is 12.9. The molecular weight excluding hydrogens is 368 g/mol. The Bertz CT molecular complexity index is 1020. The van der Waals surface area contributed by atoms with Crippen LogP contribution < -0.4 is 4.90 Å². The van der Waals surface area contributed by atoms with Crippen LogP contribution in [0.4, 0.5) is 5.69 Å². The Balaban J connectivity index is 1.35. The number of anilines is 1. The summed E-state index contributed by atoms with van der Waals surface area (Å²) in [5.41, 5.74) is 2.72. The van der Waals surface area contributed by atoms with Gasteiger partial charge in [0.15, 0.2) is 11.5 Å². The average molecular weight is 394 g/mol. The summed E-state index contributed by atoms with van der Waals surface area (Å²) in [5.74, 6) is 1.08. The minimum Gasteiger partial charge on any atom is -0.378 e. The van der Waals surface area contributed by atoms with Gasteiger partial charge in [0, 0.05) is 45.3 Å². The Hall–Kier alpha value is -2.87. The number of likely N-dealkylation sites (tertiary alicyclic amines) is 1. The number of carbonyl (C=O) groups is 1. The van der Waals surface area contributed by atoms with Gasteiger partial charge in [-0.2, -0.15) is 5.10 Å². The smallest absolute Gasteiger partial charge is 0.270 e. The Morgan fingerprint density at radius 2 is 2.03 bits per heavy atom. The standard InChI is InChI=1S/C21H26N6O2/c1-24-8-3-5-18(24)21(28)26-9-2-4-16(14-26)20-22-19-7-6-17(15-27(19)23-20)25-10-12-29-13-11-25/h3,5-8,15-16H,2,4,9-14H2,1H3/t16-/m0/s1. The van der Waals surface area contributed by atoms with Crippen LogP contribution in [0.15, 0.2) is 36.7 Å². The number of carbonyl (C=O) groups excluding carboxylic acids is 1. The number of piperidine rings is 1. The predicted octanol–water partition coefficient (Wildman–Crippen LogP) is 1.92. The number of aryl methyl sites for hydroxylation is 1. The van der Waals surface area contributed by atoms with Crippen LogP contribution in [0.2, 0.25) is 0 Å². The van der Waals surface area contributed by atoms with Crippen molar-refractivity contribution in [2.75, 3.05) is 44.3 Å². The monoisotopic (exact) mass is 394 g/mol. The topological polar surface area (TPSA) is 67.9 Å². The molecule has 0 bridgehead atoms. The molecule has 2 aliphatic heterocycles. The zero-order valence-corrected chi connectivity index (χ0v) is 16.7. The molecule has 0 radical (unpaired) electrons. The van der Waals surface area contributed by atoms with Crippen molar-refractivity contribution in [3.05, 3.63) is 48.2 Å². The van der Waals surface area contributed by atoms with E-state index in [9.17, 15) is 4.79 Å². The van der Waals surface area contributed by atoms with Crippen LogP contribution in [0.1, 0.15) is 35.1 Å². The van der Waals surface area contributed by atoms with Crippen LogP contribution in [0, 0.1) is 0 Å². The summed E-state index contributed by atoms with van der Waals surface area (Å²) in [4.78, 5) is 21.9. The highest BCUT2D eigenvalue weighted by atomic mass is 16.5. The second-order valence-corrected chi connectivity index (χ2v) is 7.85. The second kappa shape index (κ2) is 7.51. The molecular formula is C21H26N6O2. The third kappa shape index (κ3) is 3.48. The first-order valence-electron chi connectivity index (χ1n) is 10.3. The molecule has 8 nitrogen and oxygen atoms in total. The van der Waals surface area contributed by atoms with Gasteiger partial charge in [0.1, 0.15) is 5.69 Å². The highest BCUT2D eigenvalue weighted by Crippen LogP contribution is 2.27. The van der Waals surface area contributed by atoms with E-state index in [2.05, 4.69) is 11.0 Å². The van der Waals surface area contributed by atoms with Gasteiger partial charge in [-0.05, 0) is 37.1 Å². The van der Waals surface area contributed by atoms with E-state index in [4.69, 9.17) is 14.8 Å². The largest absolute Gasteiger partial charge is 0.378 e. The first-order valence-corrected chi connectivity index (χ1v) is 10.3. The second-order valence-electron chi connectivity index (χ2n) is 7.85. The molecule has 3 aromatic heterocycles. The van der Waals surface area contributed by atoms with Crippen LogP contribution in [0.3, 0.4) is 0 Å². The first kappa shape index (κ1) is 18.2. The Labute approximate surface area is 169 Å². The van der Waals surface area contributed by atoms with Crippen molar-refractivity contribution in [3.8, 4) is 0 Å². The number of morpholine rings is 1. The van der Waals surface area contributed by atoms with E-state index in [-0.39, 0.29) is 11.8 Å². The van der Waals surface area contributed by atoms with Crippen molar-refractivity contribution < 1.29 is 9.53 Å². The molecule has 29 heavy (non-hydrogen) atoms. The van der Waals surface area contributed by atoms with E-state index in [0.29, 0.717) is 6.54 Å². The van der Waals surface area contributed by atoms with Gasteiger partial charge in [0.05, 0.1) is 25.1 Å². The summed E-state index contributed by atoms with van der Waals surface area (Å²) >= 11 is 0. The molecule has 152 valence electrons. The van der Waals surface area contributed by atoms with Crippen molar-refractivity contribution in [1.82, 2.24) is 24.1 Å². The molecule has 0 N–H and O–H groups in total. The first-order chi connectivity index (χ1) is 14.2. The van der Waals surface area contributed by atoms with E-state index in [1.54, 1.807) is 0 Å². The summed E-state index contributed by atoms with van der Waals surface area (Å²) in [5, 5.41) is 4.77. The molecule has 2 fully saturated rings.